The Labute approximate surface area is 114 Å². The van der Waals surface area contributed by atoms with Gasteiger partial charge in [-0.15, -0.1) is 0 Å². The van der Waals surface area contributed by atoms with Gasteiger partial charge < -0.3 is 15.8 Å². The van der Waals surface area contributed by atoms with E-state index >= 15 is 0 Å². The standard InChI is InChI=1S/C15H22N2O2/c16-11-13(10-12-6-2-1-3-7-12)17-15(18)14-8-4-5-9-19-14/h1-3,6-7,13-14H,4-5,8-11,16H2,(H,17,18). The quantitative estimate of drug-likeness (QED) is 0.839. The van der Waals surface area contributed by atoms with E-state index in [1.807, 2.05) is 30.3 Å². The van der Waals surface area contributed by atoms with Crippen molar-refractivity contribution in [3.8, 4) is 0 Å². The molecule has 19 heavy (non-hydrogen) atoms. The third kappa shape index (κ3) is 4.33. The van der Waals surface area contributed by atoms with Crippen LogP contribution in [0.2, 0.25) is 0 Å². The molecule has 1 aromatic rings. The summed E-state index contributed by atoms with van der Waals surface area (Å²) >= 11 is 0. The molecule has 0 aliphatic carbocycles. The second-order valence-electron chi connectivity index (χ2n) is 4.99. The van der Waals surface area contributed by atoms with E-state index in [-0.39, 0.29) is 18.1 Å². The maximum Gasteiger partial charge on any atom is 0.249 e. The van der Waals surface area contributed by atoms with Crippen LogP contribution >= 0.6 is 0 Å². The monoisotopic (exact) mass is 262 g/mol. The Kier molecular flexibility index (Phi) is 5.36. The summed E-state index contributed by atoms with van der Waals surface area (Å²) in [4.78, 5) is 12.1. The van der Waals surface area contributed by atoms with E-state index in [4.69, 9.17) is 10.5 Å². The van der Waals surface area contributed by atoms with Gasteiger partial charge in [0.15, 0.2) is 0 Å². The molecule has 4 nitrogen and oxygen atoms in total. The average Bonchev–Trinajstić information content (AvgIpc) is 2.48. The highest BCUT2D eigenvalue weighted by Gasteiger charge is 2.23. The molecule has 1 aliphatic heterocycles. The molecular weight excluding hydrogens is 240 g/mol. The second-order valence-corrected chi connectivity index (χ2v) is 4.99. The zero-order chi connectivity index (χ0) is 13.5. The van der Waals surface area contributed by atoms with Gasteiger partial charge in [-0.2, -0.15) is 0 Å². The van der Waals surface area contributed by atoms with Crippen LogP contribution in [0.3, 0.4) is 0 Å². The molecule has 1 saturated heterocycles. The molecular formula is C15H22N2O2. The van der Waals surface area contributed by atoms with E-state index in [0.717, 1.165) is 25.7 Å². The fourth-order valence-electron chi connectivity index (χ4n) is 2.33. The van der Waals surface area contributed by atoms with Crippen molar-refractivity contribution >= 4 is 5.91 Å². The van der Waals surface area contributed by atoms with Crippen LogP contribution in [0.25, 0.3) is 0 Å². The van der Waals surface area contributed by atoms with Gasteiger partial charge in [0.2, 0.25) is 5.91 Å². The van der Waals surface area contributed by atoms with Crippen molar-refractivity contribution in [3.05, 3.63) is 35.9 Å². The Morgan fingerprint density at radius 2 is 2.16 bits per heavy atom. The minimum Gasteiger partial charge on any atom is -0.368 e. The predicted octanol–water partition coefficient (Wildman–Crippen LogP) is 1.24. The number of carbonyl (C=O) groups is 1. The maximum atomic E-state index is 12.1. The van der Waals surface area contributed by atoms with Crippen LogP contribution in [-0.2, 0) is 16.0 Å². The van der Waals surface area contributed by atoms with Crippen molar-refractivity contribution in [1.29, 1.82) is 0 Å². The van der Waals surface area contributed by atoms with Crippen molar-refractivity contribution < 1.29 is 9.53 Å². The highest BCUT2D eigenvalue weighted by molar-refractivity contribution is 5.81. The summed E-state index contributed by atoms with van der Waals surface area (Å²) in [5, 5.41) is 3.00. The third-order valence-corrected chi connectivity index (χ3v) is 3.43. The lowest BCUT2D eigenvalue weighted by molar-refractivity contribution is -0.136. The second kappa shape index (κ2) is 7.26. The molecule has 1 fully saturated rings. The highest BCUT2D eigenvalue weighted by atomic mass is 16.5. The van der Waals surface area contributed by atoms with Gasteiger partial charge >= 0.3 is 0 Å². The van der Waals surface area contributed by atoms with Gasteiger partial charge in [-0.25, -0.2) is 0 Å². The molecule has 1 aromatic carbocycles. The molecule has 0 spiro atoms. The van der Waals surface area contributed by atoms with Gasteiger partial charge in [0.05, 0.1) is 0 Å². The Morgan fingerprint density at radius 3 is 2.79 bits per heavy atom. The molecule has 2 atom stereocenters. The number of nitrogens with two attached hydrogens (primary N) is 1. The number of benzene rings is 1. The lowest BCUT2D eigenvalue weighted by atomic mass is 10.0. The van der Waals surface area contributed by atoms with Crippen LogP contribution < -0.4 is 11.1 Å². The van der Waals surface area contributed by atoms with Crippen molar-refractivity contribution in [2.75, 3.05) is 13.2 Å². The van der Waals surface area contributed by atoms with E-state index in [1.165, 1.54) is 5.56 Å². The van der Waals surface area contributed by atoms with E-state index in [0.29, 0.717) is 13.2 Å². The minimum atomic E-state index is -0.293. The fourth-order valence-corrected chi connectivity index (χ4v) is 2.33. The molecule has 1 aliphatic rings. The normalized spacial score (nSPS) is 20.8. The summed E-state index contributed by atoms with van der Waals surface area (Å²) in [5.74, 6) is -0.0221. The molecule has 4 heteroatoms. The molecule has 1 amide bonds. The first-order chi connectivity index (χ1) is 9.29. The Hall–Kier alpha value is -1.39. The molecule has 104 valence electrons. The van der Waals surface area contributed by atoms with Crippen molar-refractivity contribution in [2.24, 2.45) is 5.73 Å². The molecule has 0 aromatic heterocycles. The van der Waals surface area contributed by atoms with Gasteiger partial charge in [-0.05, 0) is 31.2 Å². The van der Waals surface area contributed by atoms with E-state index < -0.39 is 0 Å². The molecule has 2 rings (SSSR count). The highest BCUT2D eigenvalue weighted by Crippen LogP contribution is 2.13. The number of hydrogen-bond acceptors (Lipinski definition) is 3. The summed E-state index contributed by atoms with van der Waals surface area (Å²) < 4.78 is 5.48. The van der Waals surface area contributed by atoms with Crippen molar-refractivity contribution in [2.45, 2.75) is 37.8 Å². The summed E-state index contributed by atoms with van der Waals surface area (Å²) in [6.45, 7) is 1.12. The SMILES string of the molecule is NCC(Cc1ccccc1)NC(=O)C1CCCCO1. The van der Waals surface area contributed by atoms with E-state index in [9.17, 15) is 4.79 Å². The predicted molar refractivity (Wildman–Crippen MR) is 74.7 cm³/mol. The Bertz CT molecular complexity index is 388. The summed E-state index contributed by atoms with van der Waals surface area (Å²) in [7, 11) is 0. The summed E-state index contributed by atoms with van der Waals surface area (Å²) in [6, 6.07) is 10.0. The first kappa shape index (κ1) is 14.0. The van der Waals surface area contributed by atoms with Gasteiger partial charge in [0, 0.05) is 19.2 Å². The minimum absolute atomic E-state index is 0.0221. The molecule has 0 radical (unpaired) electrons. The van der Waals surface area contributed by atoms with Gasteiger partial charge in [-0.3, -0.25) is 4.79 Å². The van der Waals surface area contributed by atoms with Crippen LogP contribution in [-0.4, -0.2) is 31.2 Å². The number of hydrogen-bond donors (Lipinski definition) is 2. The average molecular weight is 262 g/mol. The summed E-state index contributed by atoms with van der Waals surface area (Å²) in [5.41, 5.74) is 6.93. The third-order valence-electron chi connectivity index (χ3n) is 3.43. The molecule has 0 saturated carbocycles. The zero-order valence-electron chi connectivity index (χ0n) is 11.2. The van der Waals surface area contributed by atoms with Crippen LogP contribution in [0.15, 0.2) is 30.3 Å². The first-order valence-electron chi connectivity index (χ1n) is 6.95. The number of nitrogens with one attached hydrogen (secondary N) is 1. The smallest absolute Gasteiger partial charge is 0.249 e. The topological polar surface area (TPSA) is 64.3 Å². The number of carbonyl (C=O) groups excluding carboxylic acids is 1. The van der Waals surface area contributed by atoms with Crippen LogP contribution in [0.4, 0.5) is 0 Å². The number of rotatable bonds is 5. The lowest BCUT2D eigenvalue weighted by Gasteiger charge is -2.24. The molecule has 0 bridgehead atoms. The van der Waals surface area contributed by atoms with Crippen LogP contribution in [0.1, 0.15) is 24.8 Å². The van der Waals surface area contributed by atoms with Crippen molar-refractivity contribution in [1.82, 2.24) is 5.32 Å². The zero-order valence-corrected chi connectivity index (χ0v) is 11.2. The van der Waals surface area contributed by atoms with Gasteiger partial charge in [0.25, 0.3) is 0 Å². The lowest BCUT2D eigenvalue weighted by Crippen LogP contribution is -2.47. The molecule has 1 heterocycles. The maximum absolute atomic E-state index is 12.1. The van der Waals surface area contributed by atoms with Gasteiger partial charge in [0.1, 0.15) is 6.10 Å². The molecule has 2 unspecified atom stereocenters. The van der Waals surface area contributed by atoms with Crippen LogP contribution in [0.5, 0.6) is 0 Å². The Morgan fingerprint density at radius 1 is 1.37 bits per heavy atom. The van der Waals surface area contributed by atoms with E-state index in [2.05, 4.69) is 5.32 Å². The first-order valence-corrected chi connectivity index (χ1v) is 6.95. The van der Waals surface area contributed by atoms with Crippen LogP contribution in [0, 0.1) is 0 Å². The fraction of sp³-hybridized carbons (Fsp3) is 0.533. The Balaban J connectivity index is 1.86. The van der Waals surface area contributed by atoms with Gasteiger partial charge in [-0.1, -0.05) is 30.3 Å². The van der Waals surface area contributed by atoms with Crippen molar-refractivity contribution in [3.63, 3.8) is 0 Å². The summed E-state index contributed by atoms with van der Waals surface area (Å²) in [6.07, 6.45) is 3.39. The van der Waals surface area contributed by atoms with E-state index in [1.54, 1.807) is 0 Å². The number of ether oxygens (including phenoxy) is 1. The molecule has 3 N–H and O–H groups in total. The largest absolute Gasteiger partial charge is 0.368 e. The number of amides is 1.